The SMILES string of the molecule is Cc1nnc2n1CCN(Cc1cccc(C(=O)N(C)C)c1)C2. The zero-order chi connectivity index (χ0) is 15.7. The Balaban J connectivity index is 1.72. The first-order chi connectivity index (χ1) is 10.5. The van der Waals surface area contributed by atoms with Gasteiger partial charge in [-0.1, -0.05) is 12.1 Å². The number of aromatic nitrogens is 3. The molecule has 0 unspecified atom stereocenters. The fraction of sp³-hybridized carbons (Fsp3) is 0.438. The van der Waals surface area contributed by atoms with E-state index in [9.17, 15) is 4.79 Å². The van der Waals surface area contributed by atoms with E-state index in [1.54, 1.807) is 19.0 Å². The molecule has 0 spiro atoms. The third kappa shape index (κ3) is 2.87. The molecule has 0 aliphatic carbocycles. The lowest BCUT2D eigenvalue weighted by molar-refractivity contribution is 0.0827. The molecule has 1 amide bonds. The number of rotatable bonds is 3. The molecule has 1 aromatic carbocycles. The second-order valence-corrected chi connectivity index (χ2v) is 5.93. The second-order valence-electron chi connectivity index (χ2n) is 5.93. The normalized spacial score (nSPS) is 14.7. The van der Waals surface area contributed by atoms with Crippen molar-refractivity contribution in [1.82, 2.24) is 24.6 Å². The van der Waals surface area contributed by atoms with E-state index in [1.807, 2.05) is 25.1 Å². The van der Waals surface area contributed by atoms with E-state index < -0.39 is 0 Å². The van der Waals surface area contributed by atoms with E-state index in [0.29, 0.717) is 0 Å². The van der Waals surface area contributed by atoms with E-state index in [-0.39, 0.29) is 5.91 Å². The lowest BCUT2D eigenvalue weighted by atomic mass is 10.1. The van der Waals surface area contributed by atoms with Crippen molar-refractivity contribution in [2.24, 2.45) is 0 Å². The standard InChI is InChI=1S/C16H21N5O/c1-12-17-18-15-11-20(7-8-21(12)15)10-13-5-4-6-14(9-13)16(22)19(2)3/h4-6,9H,7-8,10-11H2,1-3H3. The molecule has 0 radical (unpaired) electrons. The van der Waals surface area contributed by atoms with Crippen molar-refractivity contribution in [1.29, 1.82) is 0 Å². The fourth-order valence-electron chi connectivity index (χ4n) is 2.81. The molecule has 2 heterocycles. The van der Waals surface area contributed by atoms with Gasteiger partial charge in [0, 0.05) is 39.3 Å². The summed E-state index contributed by atoms with van der Waals surface area (Å²) in [5.74, 6) is 2.04. The van der Waals surface area contributed by atoms with Crippen LogP contribution in [0, 0.1) is 6.92 Å². The van der Waals surface area contributed by atoms with Crippen molar-refractivity contribution in [3.63, 3.8) is 0 Å². The number of amides is 1. The van der Waals surface area contributed by atoms with Crippen molar-refractivity contribution in [3.8, 4) is 0 Å². The predicted octanol–water partition coefficient (Wildman–Crippen LogP) is 1.30. The minimum atomic E-state index is 0.0378. The van der Waals surface area contributed by atoms with Crippen LogP contribution in [-0.4, -0.2) is 51.1 Å². The lowest BCUT2D eigenvalue weighted by Crippen LogP contribution is -2.33. The molecular formula is C16H21N5O. The minimum Gasteiger partial charge on any atom is -0.345 e. The third-order valence-electron chi connectivity index (χ3n) is 4.00. The molecule has 0 saturated carbocycles. The van der Waals surface area contributed by atoms with Crippen LogP contribution in [0.2, 0.25) is 0 Å². The lowest BCUT2D eigenvalue weighted by Gasteiger charge is -2.27. The summed E-state index contributed by atoms with van der Waals surface area (Å²) < 4.78 is 2.17. The molecule has 3 rings (SSSR count). The monoisotopic (exact) mass is 299 g/mol. The van der Waals surface area contributed by atoms with Gasteiger partial charge in [-0.05, 0) is 24.6 Å². The molecule has 1 aliphatic heterocycles. The summed E-state index contributed by atoms with van der Waals surface area (Å²) in [6.07, 6.45) is 0. The number of benzene rings is 1. The number of aryl methyl sites for hydroxylation is 1. The number of carbonyl (C=O) groups excluding carboxylic acids is 1. The molecule has 0 fully saturated rings. The second kappa shape index (κ2) is 5.88. The molecule has 0 N–H and O–H groups in total. The van der Waals surface area contributed by atoms with E-state index in [0.717, 1.165) is 49.0 Å². The van der Waals surface area contributed by atoms with Gasteiger partial charge in [0.25, 0.3) is 5.91 Å². The third-order valence-corrected chi connectivity index (χ3v) is 4.00. The molecule has 1 aliphatic rings. The number of fused-ring (bicyclic) bond motifs is 1. The van der Waals surface area contributed by atoms with Gasteiger partial charge in [-0.3, -0.25) is 9.69 Å². The summed E-state index contributed by atoms with van der Waals surface area (Å²) in [5, 5.41) is 8.36. The number of hydrogen-bond donors (Lipinski definition) is 0. The van der Waals surface area contributed by atoms with Crippen LogP contribution in [0.4, 0.5) is 0 Å². The summed E-state index contributed by atoms with van der Waals surface area (Å²) in [6, 6.07) is 7.86. The average Bonchev–Trinajstić information content (AvgIpc) is 2.87. The molecule has 116 valence electrons. The number of nitrogens with zero attached hydrogens (tertiary/aromatic N) is 5. The summed E-state index contributed by atoms with van der Waals surface area (Å²) >= 11 is 0. The molecule has 0 bridgehead atoms. The average molecular weight is 299 g/mol. The van der Waals surface area contributed by atoms with Crippen molar-refractivity contribution < 1.29 is 4.79 Å². The predicted molar refractivity (Wildman–Crippen MR) is 83.3 cm³/mol. The smallest absolute Gasteiger partial charge is 0.253 e. The minimum absolute atomic E-state index is 0.0378. The molecule has 6 nitrogen and oxygen atoms in total. The van der Waals surface area contributed by atoms with Crippen molar-refractivity contribution in [2.75, 3.05) is 20.6 Å². The Morgan fingerprint density at radius 2 is 2.09 bits per heavy atom. The summed E-state index contributed by atoms with van der Waals surface area (Å²) in [5.41, 5.74) is 1.89. The van der Waals surface area contributed by atoms with Gasteiger partial charge in [-0.15, -0.1) is 10.2 Å². The van der Waals surface area contributed by atoms with Gasteiger partial charge in [0.05, 0.1) is 6.54 Å². The van der Waals surface area contributed by atoms with E-state index >= 15 is 0 Å². The quantitative estimate of drug-likeness (QED) is 0.857. The summed E-state index contributed by atoms with van der Waals surface area (Å²) in [7, 11) is 3.55. The van der Waals surface area contributed by atoms with Crippen molar-refractivity contribution in [3.05, 3.63) is 47.0 Å². The topological polar surface area (TPSA) is 54.3 Å². The van der Waals surface area contributed by atoms with Crippen LogP contribution in [0.25, 0.3) is 0 Å². The Morgan fingerprint density at radius 1 is 1.27 bits per heavy atom. The van der Waals surface area contributed by atoms with E-state index in [1.165, 1.54) is 0 Å². The zero-order valence-electron chi connectivity index (χ0n) is 13.3. The Bertz CT molecular complexity index is 692. The van der Waals surface area contributed by atoms with Crippen molar-refractivity contribution >= 4 is 5.91 Å². The van der Waals surface area contributed by atoms with E-state index in [2.05, 4.69) is 25.7 Å². The maximum Gasteiger partial charge on any atom is 0.253 e. The summed E-state index contributed by atoms with van der Waals surface area (Å²) in [6.45, 7) is 5.50. The van der Waals surface area contributed by atoms with Gasteiger partial charge in [-0.2, -0.15) is 0 Å². The molecule has 2 aromatic rings. The van der Waals surface area contributed by atoms with E-state index in [4.69, 9.17) is 0 Å². The van der Waals surface area contributed by atoms with Crippen LogP contribution in [0.3, 0.4) is 0 Å². The van der Waals surface area contributed by atoms with Crippen LogP contribution in [-0.2, 0) is 19.6 Å². The molecule has 0 atom stereocenters. The van der Waals surface area contributed by atoms with Gasteiger partial charge >= 0.3 is 0 Å². The van der Waals surface area contributed by atoms with Crippen LogP contribution in [0.15, 0.2) is 24.3 Å². The number of hydrogen-bond acceptors (Lipinski definition) is 4. The molecular weight excluding hydrogens is 278 g/mol. The first-order valence-corrected chi connectivity index (χ1v) is 7.46. The van der Waals surface area contributed by atoms with Gasteiger partial charge in [0.2, 0.25) is 0 Å². The van der Waals surface area contributed by atoms with Crippen LogP contribution >= 0.6 is 0 Å². The first kappa shape index (κ1) is 14.7. The zero-order valence-corrected chi connectivity index (χ0v) is 13.3. The van der Waals surface area contributed by atoms with Crippen LogP contribution in [0.1, 0.15) is 27.6 Å². The molecule has 22 heavy (non-hydrogen) atoms. The maximum atomic E-state index is 12.0. The highest BCUT2D eigenvalue weighted by molar-refractivity contribution is 5.94. The molecule has 0 saturated heterocycles. The van der Waals surface area contributed by atoms with Gasteiger partial charge in [0.15, 0.2) is 0 Å². The molecule has 1 aromatic heterocycles. The highest BCUT2D eigenvalue weighted by atomic mass is 16.2. The maximum absolute atomic E-state index is 12.0. The Labute approximate surface area is 130 Å². The first-order valence-electron chi connectivity index (χ1n) is 7.46. The highest BCUT2D eigenvalue weighted by Gasteiger charge is 2.19. The van der Waals surface area contributed by atoms with Gasteiger partial charge in [-0.25, -0.2) is 0 Å². The Morgan fingerprint density at radius 3 is 2.86 bits per heavy atom. The Hall–Kier alpha value is -2.21. The highest BCUT2D eigenvalue weighted by Crippen LogP contribution is 2.16. The molecule has 6 heteroatoms. The fourth-order valence-corrected chi connectivity index (χ4v) is 2.81. The van der Waals surface area contributed by atoms with Crippen molar-refractivity contribution in [2.45, 2.75) is 26.6 Å². The van der Waals surface area contributed by atoms with Gasteiger partial charge < -0.3 is 9.47 Å². The Kier molecular flexibility index (Phi) is 3.94. The van der Waals surface area contributed by atoms with Crippen LogP contribution < -0.4 is 0 Å². The summed E-state index contributed by atoms with van der Waals surface area (Å²) in [4.78, 5) is 16.0. The van der Waals surface area contributed by atoms with Crippen LogP contribution in [0.5, 0.6) is 0 Å². The number of carbonyl (C=O) groups is 1. The van der Waals surface area contributed by atoms with Gasteiger partial charge in [0.1, 0.15) is 11.6 Å². The largest absolute Gasteiger partial charge is 0.345 e.